The summed E-state index contributed by atoms with van der Waals surface area (Å²) in [4.78, 5) is 0. The normalized spacial score (nSPS) is 12.7. The number of hydrogen-bond donors (Lipinski definition) is 2. The molecule has 0 bridgehead atoms. The van der Waals surface area contributed by atoms with Crippen LogP contribution in [0.25, 0.3) is 0 Å². The molecule has 14 heavy (non-hydrogen) atoms. The van der Waals surface area contributed by atoms with E-state index in [1.165, 1.54) is 5.56 Å². The second-order valence-electron chi connectivity index (χ2n) is 3.20. The van der Waals surface area contributed by atoms with Gasteiger partial charge in [-0.1, -0.05) is 30.3 Å². The van der Waals surface area contributed by atoms with Gasteiger partial charge >= 0.3 is 0 Å². The third kappa shape index (κ3) is 4.13. The summed E-state index contributed by atoms with van der Waals surface area (Å²) >= 11 is 4.15. The van der Waals surface area contributed by atoms with E-state index in [2.05, 4.69) is 42.2 Å². The van der Waals surface area contributed by atoms with Crippen molar-refractivity contribution in [3.05, 3.63) is 35.9 Å². The van der Waals surface area contributed by atoms with E-state index in [1.54, 1.807) is 7.11 Å². The molecule has 1 atom stereocenters. The smallest absolute Gasteiger partial charge is 0.0619 e. The maximum Gasteiger partial charge on any atom is 0.0619 e. The van der Waals surface area contributed by atoms with Gasteiger partial charge in [0.15, 0.2) is 0 Å². The van der Waals surface area contributed by atoms with Crippen molar-refractivity contribution < 1.29 is 4.74 Å². The summed E-state index contributed by atoms with van der Waals surface area (Å²) in [6, 6.07) is 10.7. The average Bonchev–Trinajstić information content (AvgIpc) is 2.20. The van der Waals surface area contributed by atoms with Gasteiger partial charge in [0.2, 0.25) is 0 Å². The van der Waals surface area contributed by atoms with Crippen LogP contribution in [0, 0.1) is 0 Å². The predicted octanol–water partition coefficient (Wildman–Crippen LogP) is 1.72. The number of methoxy groups -OCH3 is 1. The molecular weight excluding hydrogens is 194 g/mol. The summed E-state index contributed by atoms with van der Waals surface area (Å²) in [7, 11) is 1.72. The molecule has 0 radical (unpaired) electrons. The second-order valence-corrected chi connectivity index (χ2v) is 3.52. The standard InChI is InChI=1S/C11H17NOS/c1-13-8-11(12-9-14)7-10-5-3-2-4-6-10/h2-6,11-12,14H,7-9H2,1H3/t11-/m0/s1. The molecule has 0 unspecified atom stereocenters. The second kappa shape index (κ2) is 6.87. The van der Waals surface area contributed by atoms with Crippen LogP contribution in [0.2, 0.25) is 0 Å². The van der Waals surface area contributed by atoms with Gasteiger partial charge in [-0.3, -0.25) is 0 Å². The van der Waals surface area contributed by atoms with Crippen LogP contribution < -0.4 is 5.32 Å². The summed E-state index contributed by atoms with van der Waals surface area (Å²) in [5.74, 6) is 0.681. The maximum absolute atomic E-state index is 5.13. The van der Waals surface area contributed by atoms with E-state index >= 15 is 0 Å². The Kier molecular flexibility index (Phi) is 5.68. The zero-order valence-electron chi connectivity index (χ0n) is 8.44. The van der Waals surface area contributed by atoms with Crippen LogP contribution in [0.3, 0.4) is 0 Å². The van der Waals surface area contributed by atoms with Crippen molar-refractivity contribution in [2.75, 3.05) is 19.6 Å². The molecule has 1 aromatic carbocycles. The minimum absolute atomic E-state index is 0.347. The van der Waals surface area contributed by atoms with Crippen LogP contribution in [0.5, 0.6) is 0 Å². The van der Waals surface area contributed by atoms with Crippen molar-refractivity contribution in [1.29, 1.82) is 0 Å². The fourth-order valence-electron chi connectivity index (χ4n) is 1.42. The molecule has 0 saturated carbocycles. The van der Waals surface area contributed by atoms with Gasteiger partial charge < -0.3 is 10.1 Å². The molecule has 0 fully saturated rings. The van der Waals surface area contributed by atoms with Crippen LogP contribution in [0.15, 0.2) is 30.3 Å². The lowest BCUT2D eigenvalue weighted by molar-refractivity contribution is 0.168. The molecule has 0 aliphatic rings. The number of thiol groups is 1. The van der Waals surface area contributed by atoms with E-state index in [9.17, 15) is 0 Å². The van der Waals surface area contributed by atoms with Crippen molar-refractivity contribution >= 4 is 12.6 Å². The quantitative estimate of drug-likeness (QED) is 0.552. The van der Waals surface area contributed by atoms with Gasteiger partial charge in [0.25, 0.3) is 0 Å². The topological polar surface area (TPSA) is 21.3 Å². The van der Waals surface area contributed by atoms with Gasteiger partial charge in [0.1, 0.15) is 0 Å². The molecule has 1 aromatic rings. The molecule has 1 rings (SSSR count). The molecule has 0 aromatic heterocycles. The van der Waals surface area contributed by atoms with E-state index < -0.39 is 0 Å². The minimum Gasteiger partial charge on any atom is -0.383 e. The van der Waals surface area contributed by atoms with E-state index in [0.29, 0.717) is 11.9 Å². The molecule has 0 aliphatic carbocycles. The van der Waals surface area contributed by atoms with Crippen molar-refractivity contribution in [2.24, 2.45) is 0 Å². The van der Waals surface area contributed by atoms with Crippen LogP contribution in [-0.4, -0.2) is 25.6 Å². The molecule has 2 nitrogen and oxygen atoms in total. The third-order valence-corrected chi connectivity index (χ3v) is 2.26. The monoisotopic (exact) mass is 211 g/mol. The van der Waals surface area contributed by atoms with E-state index in [0.717, 1.165) is 13.0 Å². The highest BCUT2D eigenvalue weighted by molar-refractivity contribution is 7.80. The van der Waals surface area contributed by atoms with E-state index in [-0.39, 0.29) is 0 Å². The Labute approximate surface area is 91.1 Å². The summed E-state index contributed by atoms with van der Waals surface area (Å²) in [6.45, 7) is 0.718. The first-order chi connectivity index (χ1) is 6.86. The minimum atomic E-state index is 0.347. The van der Waals surface area contributed by atoms with Gasteiger partial charge in [-0.15, -0.1) is 0 Å². The fraction of sp³-hybridized carbons (Fsp3) is 0.455. The molecule has 0 amide bonds. The summed E-state index contributed by atoms with van der Waals surface area (Å²) in [5, 5.41) is 3.27. The number of hydrogen-bond acceptors (Lipinski definition) is 3. The van der Waals surface area contributed by atoms with Crippen LogP contribution in [-0.2, 0) is 11.2 Å². The third-order valence-electron chi connectivity index (χ3n) is 2.07. The van der Waals surface area contributed by atoms with Gasteiger partial charge in [-0.2, -0.15) is 12.6 Å². The highest BCUT2D eigenvalue weighted by Gasteiger charge is 2.06. The number of benzene rings is 1. The molecular formula is C11H17NOS. The Balaban J connectivity index is 2.46. The van der Waals surface area contributed by atoms with E-state index in [4.69, 9.17) is 4.74 Å². The highest BCUT2D eigenvalue weighted by Crippen LogP contribution is 2.03. The first kappa shape index (κ1) is 11.6. The lowest BCUT2D eigenvalue weighted by atomic mass is 10.1. The molecule has 0 aliphatic heterocycles. The van der Waals surface area contributed by atoms with Crippen molar-refractivity contribution in [3.8, 4) is 0 Å². The van der Waals surface area contributed by atoms with Crippen LogP contribution >= 0.6 is 12.6 Å². The Bertz CT molecular complexity index is 234. The predicted molar refractivity (Wildman–Crippen MR) is 62.8 cm³/mol. The molecule has 78 valence electrons. The summed E-state index contributed by atoms with van der Waals surface area (Å²) in [5.41, 5.74) is 1.32. The Hall–Kier alpha value is -0.510. The molecule has 1 N–H and O–H groups in total. The molecule has 3 heteroatoms. The number of nitrogens with one attached hydrogen (secondary N) is 1. The van der Waals surface area contributed by atoms with Crippen molar-refractivity contribution in [3.63, 3.8) is 0 Å². The zero-order valence-corrected chi connectivity index (χ0v) is 9.34. The Morgan fingerprint density at radius 1 is 1.36 bits per heavy atom. The molecule has 0 saturated heterocycles. The number of rotatable bonds is 6. The highest BCUT2D eigenvalue weighted by atomic mass is 32.1. The molecule has 0 spiro atoms. The average molecular weight is 211 g/mol. The van der Waals surface area contributed by atoms with Crippen molar-refractivity contribution in [1.82, 2.24) is 5.32 Å². The first-order valence-corrected chi connectivity index (χ1v) is 5.37. The van der Waals surface area contributed by atoms with Gasteiger partial charge in [0, 0.05) is 19.0 Å². The van der Waals surface area contributed by atoms with Crippen LogP contribution in [0.1, 0.15) is 5.56 Å². The first-order valence-electron chi connectivity index (χ1n) is 4.74. The van der Waals surface area contributed by atoms with Crippen LogP contribution in [0.4, 0.5) is 0 Å². The summed E-state index contributed by atoms with van der Waals surface area (Å²) < 4.78 is 5.13. The van der Waals surface area contributed by atoms with Gasteiger partial charge in [0.05, 0.1) is 6.61 Å². The van der Waals surface area contributed by atoms with Gasteiger partial charge in [-0.25, -0.2) is 0 Å². The van der Waals surface area contributed by atoms with Crippen molar-refractivity contribution in [2.45, 2.75) is 12.5 Å². The lowest BCUT2D eigenvalue weighted by Gasteiger charge is -2.16. The molecule has 0 heterocycles. The zero-order chi connectivity index (χ0) is 10.2. The number of ether oxygens (including phenoxy) is 1. The Morgan fingerprint density at radius 2 is 2.07 bits per heavy atom. The summed E-state index contributed by atoms with van der Waals surface area (Å²) in [6.07, 6.45) is 0.981. The largest absolute Gasteiger partial charge is 0.383 e. The maximum atomic E-state index is 5.13. The lowest BCUT2D eigenvalue weighted by Crippen LogP contribution is -2.34. The fourth-order valence-corrected chi connectivity index (χ4v) is 1.68. The van der Waals surface area contributed by atoms with E-state index in [1.807, 2.05) is 6.07 Å². The van der Waals surface area contributed by atoms with Gasteiger partial charge in [-0.05, 0) is 12.0 Å². The SMILES string of the molecule is COC[C@H](Cc1ccccc1)NCS. The Morgan fingerprint density at radius 3 is 2.64 bits per heavy atom.